The predicted molar refractivity (Wildman–Crippen MR) is 92.6 cm³/mol. The molecule has 0 aliphatic carbocycles. The van der Waals surface area contributed by atoms with Crippen molar-refractivity contribution in [1.29, 1.82) is 0 Å². The molecule has 6 nitrogen and oxygen atoms in total. The molecule has 0 saturated carbocycles. The molecule has 2 aromatic rings. The summed E-state index contributed by atoms with van der Waals surface area (Å²) in [7, 11) is 0. The van der Waals surface area contributed by atoms with E-state index in [1.807, 2.05) is 10.3 Å². The van der Waals surface area contributed by atoms with Crippen LogP contribution in [-0.4, -0.2) is 62.9 Å². The lowest BCUT2D eigenvalue weighted by atomic mass is 9.99. The van der Waals surface area contributed by atoms with E-state index in [-0.39, 0.29) is 5.91 Å². The minimum absolute atomic E-state index is 0.186. The van der Waals surface area contributed by atoms with Gasteiger partial charge in [-0.3, -0.25) is 9.69 Å². The van der Waals surface area contributed by atoms with Gasteiger partial charge in [0, 0.05) is 43.4 Å². The predicted octanol–water partition coefficient (Wildman–Crippen LogP) is 1.84. The zero-order valence-electron chi connectivity index (χ0n) is 13.6. The lowest BCUT2D eigenvalue weighted by Gasteiger charge is -2.44. The van der Waals surface area contributed by atoms with Crippen LogP contribution in [0, 0.1) is 0 Å². The van der Waals surface area contributed by atoms with Gasteiger partial charge in [-0.1, -0.05) is 6.42 Å². The van der Waals surface area contributed by atoms with Gasteiger partial charge in [0.25, 0.3) is 0 Å². The fourth-order valence-corrected chi connectivity index (χ4v) is 4.31. The Hall–Kier alpha value is -1.86. The molecule has 126 valence electrons. The number of rotatable bonds is 3. The first-order chi connectivity index (χ1) is 11.8. The van der Waals surface area contributed by atoms with Crippen LogP contribution in [0.15, 0.2) is 23.8 Å². The maximum Gasteiger partial charge on any atom is 0.228 e. The summed E-state index contributed by atoms with van der Waals surface area (Å²) >= 11 is 1.49. The third-order valence-electron chi connectivity index (χ3n) is 4.83. The van der Waals surface area contributed by atoms with Crippen molar-refractivity contribution in [2.45, 2.75) is 31.7 Å². The van der Waals surface area contributed by atoms with E-state index in [4.69, 9.17) is 0 Å². The number of aromatic nitrogens is 3. The van der Waals surface area contributed by atoms with Gasteiger partial charge in [0.05, 0.1) is 12.1 Å². The Morgan fingerprint density at radius 2 is 2.08 bits per heavy atom. The van der Waals surface area contributed by atoms with Gasteiger partial charge < -0.3 is 4.90 Å². The Bertz CT molecular complexity index is 704. The molecule has 1 amide bonds. The smallest absolute Gasteiger partial charge is 0.228 e. The van der Waals surface area contributed by atoms with E-state index in [1.54, 1.807) is 18.5 Å². The molecule has 0 unspecified atom stereocenters. The number of fused-ring (bicyclic) bond motifs is 1. The first kappa shape index (κ1) is 15.7. The summed E-state index contributed by atoms with van der Waals surface area (Å²) in [5.74, 6) is 0.808. The molecule has 0 N–H and O–H groups in total. The van der Waals surface area contributed by atoms with Crippen LogP contribution in [0.2, 0.25) is 0 Å². The molecule has 2 aliphatic heterocycles. The Labute approximate surface area is 145 Å². The molecule has 2 aromatic heterocycles. The highest BCUT2D eigenvalue weighted by atomic mass is 32.1. The standard InChI is InChI=1S/C17H21N5OS/c23-15(22-9-8-21-7-2-1-4-14(21)11-22)10-13-12-24-17(20-13)16-18-5-3-6-19-16/h3,5-6,12,14H,1-2,4,7-11H2/t14-/m0/s1. The highest BCUT2D eigenvalue weighted by Crippen LogP contribution is 2.23. The third kappa shape index (κ3) is 3.32. The Kier molecular flexibility index (Phi) is 4.53. The Morgan fingerprint density at radius 1 is 1.21 bits per heavy atom. The minimum atomic E-state index is 0.186. The maximum absolute atomic E-state index is 12.6. The van der Waals surface area contributed by atoms with Gasteiger partial charge in [-0.25, -0.2) is 15.0 Å². The number of piperidine rings is 1. The van der Waals surface area contributed by atoms with E-state index < -0.39 is 0 Å². The third-order valence-corrected chi connectivity index (χ3v) is 5.72. The van der Waals surface area contributed by atoms with Crippen LogP contribution in [-0.2, 0) is 11.2 Å². The summed E-state index contributed by atoms with van der Waals surface area (Å²) in [6.45, 7) is 3.92. The summed E-state index contributed by atoms with van der Waals surface area (Å²) in [6, 6.07) is 2.34. The molecule has 4 rings (SSSR count). The first-order valence-electron chi connectivity index (χ1n) is 8.53. The Morgan fingerprint density at radius 3 is 2.96 bits per heavy atom. The summed E-state index contributed by atoms with van der Waals surface area (Å²) < 4.78 is 0. The minimum Gasteiger partial charge on any atom is -0.340 e. The molecular weight excluding hydrogens is 322 g/mol. The number of nitrogens with zero attached hydrogens (tertiary/aromatic N) is 5. The van der Waals surface area contributed by atoms with Crippen LogP contribution in [0.25, 0.3) is 10.8 Å². The van der Waals surface area contributed by atoms with E-state index in [0.29, 0.717) is 18.3 Å². The second kappa shape index (κ2) is 6.94. The molecule has 0 radical (unpaired) electrons. The molecule has 2 saturated heterocycles. The van der Waals surface area contributed by atoms with Crippen molar-refractivity contribution in [2.75, 3.05) is 26.2 Å². The summed E-state index contributed by atoms with van der Waals surface area (Å²) in [4.78, 5) is 30.1. The van der Waals surface area contributed by atoms with E-state index in [9.17, 15) is 4.79 Å². The fraction of sp³-hybridized carbons (Fsp3) is 0.529. The largest absolute Gasteiger partial charge is 0.340 e. The molecule has 24 heavy (non-hydrogen) atoms. The molecule has 0 bridgehead atoms. The van der Waals surface area contributed by atoms with Crippen molar-refractivity contribution in [3.8, 4) is 10.8 Å². The number of carbonyl (C=O) groups excluding carboxylic acids is 1. The quantitative estimate of drug-likeness (QED) is 0.851. The summed E-state index contributed by atoms with van der Waals surface area (Å²) in [6.07, 6.45) is 7.59. The normalized spacial score (nSPS) is 21.5. The van der Waals surface area contributed by atoms with Gasteiger partial charge in [0.15, 0.2) is 10.8 Å². The zero-order valence-corrected chi connectivity index (χ0v) is 14.4. The van der Waals surface area contributed by atoms with Gasteiger partial charge in [0.1, 0.15) is 0 Å². The maximum atomic E-state index is 12.6. The van der Waals surface area contributed by atoms with E-state index in [0.717, 1.165) is 30.3 Å². The molecule has 1 atom stereocenters. The second-order valence-corrected chi connectivity index (χ2v) is 7.28. The fourth-order valence-electron chi connectivity index (χ4n) is 3.55. The van der Waals surface area contributed by atoms with Crippen molar-refractivity contribution >= 4 is 17.2 Å². The van der Waals surface area contributed by atoms with Gasteiger partial charge >= 0.3 is 0 Å². The molecule has 7 heteroatoms. The number of hydrogen-bond acceptors (Lipinski definition) is 6. The van der Waals surface area contributed by atoms with E-state index >= 15 is 0 Å². The van der Waals surface area contributed by atoms with Crippen molar-refractivity contribution in [3.63, 3.8) is 0 Å². The number of hydrogen-bond donors (Lipinski definition) is 0. The van der Waals surface area contributed by atoms with Crippen molar-refractivity contribution in [3.05, 3.63) is 29.5 Å². The van der Waals surface area contributed by atoms with Gasteiger partial charge in [-0.15, -0.1) is 11.3 Å². The van der Waals surface area contributed by atoms with Crippen LogP contribution in [0.5, 0.6) is 0 Å². The molecule has 2 fully saturated rings. The molecule has 4 heterocycles. The number of amides is 1. The highest BCUT2D eigenvalue weighted by Gasteiger charge is 2.31. The van der Waals surface area contributed by atoms with E-state index in [2.05, 4.69) is 19.9 Å². The van der Waals surface area contributed by atoms with Crippen LogP contribution >= 0.6 is 11.3 Å². The number of thiazole rings is 1. The van der Waals surface area contributed by atoms with Crippen molar-refractivity contribution < 1.29 is 4.79 Å². The second-order valence-electron chi connectivity index (χ2n) is 6.42. The SMILES string of the molecule is O=C(Cc1csc(-c2ncccn2)n1)N1CCN2CCCC[C@H]2C1. The molecular formula is C17H21N5OS. The average molecular weight is 343 g/mol. The number of carbonyl (C=O) groups is 1. The van der Waals surface area contributed by atoms with Crippen LogP contribution < -0.4 is 0 Å². The zero-order chi connectivity index (χ0) is 16.4. The van der Waals surface area contributed by atoms with E-state index in [1.165, 1.54) is 37.1 Å². The Balaban J connectivity index is 1.39. The topological polar surface area (TPSA) is 62.2 Å². The monoisotopic (exact) mass is 343 g/mol. The average Bonchev–Trinajstić information content (AvgIpc) is 3.10. The lowest BCUT2D eigenvalue weighted by molar-refractivity contribution is -0.134. The summed E-state index contributed by atoms with van der Waals surface area (Å²) in [5.41, 5.74) is 0.818. The van der Waals surface area contributed by atoms with Crippen molar-refractivity contribution in [1.82, 2.24) is 24.8 Å². The molecule has 0 spiro atoms. The van der Waals surface area contributed by atoms with Gasteiger partial charge in [-0.05, 0) is 25.5 Å². The molecule has 0 aromatic carbocycles. The molecule has 2 aliphatic rings. The van der Waals surface area contributed by atoms with Gasteiger partial charge in [0.2, 0.25) is 5.91 Å². The van der Waals surface area contributed by atoms with Crippen LogP contribution in [0.3, 0.4) is 0 Å². The lowest BCUT2D eigenvalue weighted by Crippen LogP contribution is -2.56. The first-order valence-corrected chi connectivity index (χ1v) is 9.41. The number of piperazine rings is 1. The van der Waals surface area contributed by atoms with Crippen LogP contribution in [0.4, 0.5) is 0 Å². The highest BCUT2D eigenvalue weighted by molar-refractivity contribution is 7.13. The van der Waals surface area contributed by atoms with Crippen LogP contribution in [0.1, 0.15) is 25.0 Å². The van der Waals surface area contributed by atoms with Gasteiger partial charge in [-0.2, -0.15) is 0 Å². The van der Waals surface area contributed by atoms with Crippen molar-refractivity contribution in [2.24, 2.45) is 0 Å². The summed E-state index contributed by atoms with van der Waals surface area (Å²) in [5, 5.41) is 2.72.